The Bertz CT molecular complexity index is 3100. The van der Waals surface area contributed by atoms with Crippen LogP contribution in [-0.2, 0) is 5.41 Å². The summed E-state index contributed by atoms with van der Waals surface area (Å²) in [5.74, 6) is 1.90. The molecule has 0 bridgehead atoms. The van der Waals surface area contributed by atoms with Gasteiger partial charge in [-0.1, -0.05) is 135 Å². The van der Waals surface area contributed by atoms with Gasteiger partial charge in [0.1, 0.15) is 11.2 Å². The maximum atomic E-state index is 6.54. The van der Waals surface area contributed by atoms with Crippen molar-refractivity contribution in [1.29, 1.82) is 0 Å². The number of benzene rings is 7. The molecule has 3 heterocycles. The molecule has 3 aromatic heterocycles. The number of hydrogen-bond acceptors (Lipinski definition) is 5. The first-order valence-corrected chi connectivity index (χ1v) is 18.8. The molecule has 1 aliphatic carbocycles. The van der Waals surface area contributed by atoms with Crippen molar-refractivity contribution in [2.75, 3.05) is 0 Å². The molecule has 10 aromatic rings. The monoisotopic (exact) mass is 697 g/mol. The lowest BCUT2D eigenvalue weighted by Gasteiger charge is -2.21. The first kappa shape index (κ1) is 30.2. The van der Waals surface area contributed by atoms with E-state index < -0.39 is 0 Å². The van der Waals surface area contributed by atoms with Crippen LogP contribution in [0.25, 0.3) is 98.5 Å². The van der Waals surface area contributed by atoms with Crippen molar-refractivity contribution >= 4 is 53.4 Å². The second kappa shape index (κ2) is 11.3. The Balaban J connectivity index is 1.13. The molecule has 0 aliphatic heterocycles. The van der Waals surface area contributed by atoms with E-state index in [9.17, 15) is 0 Å². The summed E-state index contributed by atoms with van der Waals surface area (Å²) >= 11 is 1.80. The highest BCUT2D eigenvalue weighted by Gasteiger charge is 2.37. The van der Waals surface area contributed by atoms with E-state index in [-0.39, 0.29) is 5.41 Å². The third-order valence-corrected chi connectivity index (χ3v) is 12.1. The molecule has 0 unspecified atom stereocenters. The van der Waals surface area contributed by atoms with Gasteiger partial charge in [-0.15, -0.1) is 11.3 Å². The lowest BCUT2D eigenvalue weighted by molar-refractivity contribution is 0.660. The summed E-state index contributed by atoms with van der Waals surface area (Å²) in [5, 5.41) is 4.68. The van der Waals surface area contributed by atoms with Gasteiger partial charge in [0.15, 0.2) is 17.5 Å². The number of furan rings is 1. The number of aromatic nitrogens is 3. The van der Waals surface area contributed by atoms with Gasteiger partial charge in [0.25, 0.3) is 0 Å². The van der Waals surface area contributed by atoms with Crippen LogP contribution in [0.15, 0.2) is 156 Å². The second-order valence-corrected chi connectivity index (χ2v) is 15.5. The van der Waals surface area contributed by atoms with Crippen molar-refractivity contribution in [1.82, 2.24) is 15.0 Å². The topological polar surface area (TPSA) is 51.8 Å². The lowest BCUT2D eigenvalue weighted by atomic mass is 9.82. The predicted octanol–water partition coefficient (Wildman–Crippen LogP) is 13.1. The predicted molar refractivity (Wildman–Crippen MR) is 219 cm³/mol. The quantitative estimate of drug-likeness (QED) is 0.184. The maximum Gasteiger partial charge on any atom is 0.164 e. The first-order valence-electron chi connectivity index (χ1n) is 17.9. The van der Waals surface area contributed by atoms with Crippen molar-refractivity contribution < 1.29 is 4.42 Å². The molecule has 0 amide bonds. The number of thiophene rings is 1. The minimum atomic E-state index is -0.141. The molecule has 4 nitrogen and oxygen atoms in total. The van der Waals surface area contributed by atoms with Crippen LogP contribution >= 0.6 is 11.3 Å². The average molecular weight is 698 g/mol. The summed E-state index contributed by atoms with van der Waals surface area (Å²) in [6.45, 7) is 4.61. The Kier molecular flexibility index (Phi) is 6.43. The van der Waals surface area contributed by atoms with Crippen LogP contribution in [0.2, 0.25) is 0 Å². The molecule has 5 heteroatoms. The molecule has 0 fully saturated rings. The Morgan fingerprint density at radius 1 is 0.453 bits per heavy atom. The summed E-state index contributed by atoms with van der Waals surface area (Å²) in [4.78, 5) is 15.7. The third kappa shape index (κ3) is 4.57. The smallest absolute Gasteiger partial charge is 0.164 e. The third-order valence-electron chi connectivity index (χ3n) is 11.0. The molecule has 1 aliphatic rings. The standard InChI is InChI=1S/C48H31N3OS/c1-48(2)37-18-8-6-15-34(37)43-36(17-10-19-38(43)48)47-50-45(49-46(51-47)30-22-24-33-32-14-7-9-21-41(32)53-42(33)27-30)29-23-25-35-40(26-29)52-39-20-11-16-31(44(35)39)28-12-4-3-5-13-28/h3-27H,1-2H3. The van der Waals surface area contributed by atoms with E-state index in [4.69, 9.17) is 19.4 Å². The molecular weight excluding hydrogens is 667 g/mol. The fourth-order valence-corrected chi connectivity index (χ4v) is 9.53. The Hall–Kier alpha value is -6.43. The van der Waals surface area contributed by atoms with E-state index in [1.807, 2.05) is 12.1 Å². The van der Waals surface area contributed by atoms with Crippen molar-refractivity contribution in [2.24, 2.45) is 0 Å². The molecule has 0 atom stereocenters. The van der Waals surface area contributed by atoms with E-state index in [0.717, 1.165) is 49.8 Å². The molecule has 7 aromatic carbocycles. The minimum absolute atomic E-state index is 0.141. The Morgan fingerprint density at radius 2 is 1.09 bits per heavy atom. The Morgan fingerprint density at radius 3 is 1.96 bits per heavy atom. The van der Waals surface area contributed by atoms with Gasteiger partial charge < -0.3 is 4.42 Å². The van der Waals surface area contributed by atoms with E-state index >= 15 is 0 Å². The normalized spacial score (nSPS) is 13.2. The fraction of sp³-hybridized carbons (Fsp3) is 0.0625. The van der Waals surface area contributed by atoms with Crippen LogP contribution < -0.4 is 0 Å². The molecule has 0 saturated heterocycles. The van der Waals surface area contributed by atoms with Crippen LogP contribution in [0, 0.1) is 0 Å². The van der Waals surface area contributed by atoms with Crippen LogP contribution in [0.5, 0.6) is 0 Å². The second-order valence-electron chi connectivity index (χ2n) is 14.4. The van der Waals surface area contributed by atoms with E-state index in [0.29, 0.717) is 17.5 Å². The summed E-state index contributed by atoms with van der Waals surface area (Å²) in [7, 11) is 0. The summed E-state index contributed by atoms with van der Waals surface area (Å²) in [5.41, 5.74) is 11.7. The summed E-state index contributed by atoms with van der Waals surface area (Å²) in [6, 6.07) is 53.5. The van der Waals surface area contributed by atoms with Crippen molar-refractivity contribution in [3.05, 3.63) is 163 Å². The SMILES string of the molecule is CC1(C)c2ccccc2-c2c(-c3nc(-c4ccc5c(c4)oc4cccc(-c6ccccc6)c45)nc(-c4ccc5c(c4)sc4ccccc45)n3)cccc21. The van der Waals surface area contributed by atoms with Gasteiger partial charge >= 0.3 is 0 Å². The molecule has 0 N–H and O–H groups in total. The highest BCUT2D eigenvalue weighted by atomic mass is 32.1. The van der Waals surface area contributed by atoms with E-state index in [1.165, 1.54) is 42.4 Å². The lowest BCUT2D eigenvalue weighted by Crippen LogP contribution is -2.14. The molecular formula is C48H31N3OS. The zero-order chi connectivity index (χ0) is 35.3. The molecule has 0 saturated carbocycles. The number of rotatable bonds is 4. The van der Waals surface area contributed by atoms with E-state index in [2.05, 4.69) is 153 Å². The van der Waals surface area contributed by atoms with Crippen LogP contribution in [-0.4, -0.2) is 15.0 Å². The fourth-order valence-electron chi connectivity index (χ4n) is 8.38. The largest absolute Gasteiger partial charge is 0.456 e. The summed E-state index contributed by atoms with van der Waals surface area (Å²) < 4.78 is 9.02. The number of fused-ring (bicyclic) bond motifs is 9. The molecule has 11 rings (SSSR count). The van der Waals surface area contributed by atoms with Gasteiger partial charge in [0.2, 0.25) is 0 Å². The van der Waals surface area contributed by atoms with Crippen molar-refractivity contribution in [3.63, 3.8) is 0 Å². The first-order chi connectivity index (χ1) is 26.0. The van der Waals surface area contributed by atoms with Crippen molar-refractivity contribution in [2.45, 2.75) is 19.3 Å². The highest BCUT2D eigenvalue weighted by molar-refractivity contribution is 7.25. The van der Waals surface area contributed by atoms with Gasteiger partial charge in [-0.05, 0) is 63.7 Å². The number of nitrogens with zero attached hydrogens (tertiary/aromatic N) is 3. The van der Waals surface area contributed by atoms with Crippen LogP contribution in [0.1, 0.15) is 25.0 Å². The summed E-state index contributed by atoms with van der Waals surface area (Å²) in [6.07, 6.45) is 0. The van der Waals surface area contributed by atoms with Crippen LogP contribution in [0.3, 0.4) is 0 Å². The van der Waals surface area contributed by atoms with Crippen molar-refractivity contribution in [3.8, 4) is 56.4 Å². The number of hydrogen-bond donors (Lipinski definition) is 0. The van der Waals surface area contributed by atoms with Gasteiger partial charge in [0, 0.05) is 53.1 Å². The zero-order valence-electron chi connectivity index (χ0n) is 29.1. The van der Waals surface area contributed by atoms with Crippen LogP contribution in [0.4, 0.5) is 0 Å². The van der Waals surface area contributed by atoms with Gasteiger partial charge in [0.05, 0.1) is 0 Å². The molecule has 0 spiro atoms. The average Bonchev–Trinajstić information content (AvgIpc) is 3.85. The highest BCUT2D eigenvalue weighted by Crippen LogP contribution is 2.52. The van der Waals surface area contributed by atoms with Gasteiger partial charge in [-0.25, -0.2) is 15.0 Å². The van der Waals surface area contributed by atoms with Gasteiger partial charge in [-0.3, -0.25) is 0 Å². The Labute approximate surface area is 310 Å². The minimum Gasteiger partial charge on any atom is -0.456 e. The molecule has 0 radical (unpaired) electrons. The molecule has 250 valence electrons. The molecule has 53 heavy (non-hydrogen) atoms. The maximum absolute atomic E-state index is 6.54. The zero-order valence-corrected chi connectivity index (χ0v) is 29.9. The van der Waals surface area contributed by atoms with E-state index in [1.54, 1.807) is 11.3 Å². The van der Waals surface area contributed by atoms with Gasteiger partial charge in [-0.2, -0.15) is 0 Å².